The number of amides is 1. The Morgan fingerprint density at radius 2 is 2.00 bits per heavy atom. The monoisotopic (exact) mass is 476 g/mol. The highest BCUT2D eigenvalue weighted by Gasteiger charge is 2.42. The van der Waals surface area contributed by atoms with Crippen molar-refractivity contribution in [3.05, 3.63) is 40.2 Å². The molecule has 7 nitrogen and oxygen atoms in total. The summed E-state index contributed by atoms with van der Waals surface area (Å²) in [6, 6.07) is 2.22. The maximum absolute atomic E-state index is 11.3. The molecule has 1 saturated carbocycles. The summed E-state index contributed by atoms with van der Waals surface area (Å²) < 4.78 is 1.88. The lowest BCUT2D eigenvalue weighted by molar-refractivity contribution is -0.119. The molecule has 5 heterocycles. The first-order valence-corrected chi connectivity index (χ1v) is 13.1. The van der Waals surface area contributed by atoms with Crippen LogP contribution in [0, 0.1) is 25.7 Å². The molecule has 4 aromatic rings. The number of aromatic amines is 1. The topological polar surface area (TPSA) is 92.3 Å². The summed E-state index contributed by atoms with van der Waals surface area (Å²) >= 11 is 1.95. The van der Waals surface area contributed by atoms with E-state index in [-0.39, 0.29) is 5.91 Å². The Morgan fingerprint density at radius 3 is 2.68 bits per heavy atom. The second-order valence-corrected chi connectivity index (χ2v) is 11.7. The van der Waals surface area contributed by atoms with Gasteiger partial charge in [0.05, 0.1) is 12.2 Å². The van der Waals surface area contributed by atoms with Crippen molar-refractivity contribution in [1.29, 1.82) is 0 Å². The van der Waals surface area contributed by atoms with Crippen molar-refractivity contribution in [2.45, 2.75) is 52.4 Å². The van der Waals surface area contributed by atoms with Crippen LogP contribution in [-0.4, -0.2) is 50.0 Å². The van der Waals surface area contributed by atoms with Gasteiger partial charge in [-0.3, -0.25) is 9.69 Å². The van der Waals surface area contributed by atoms with Gasteiger partial charge in [0.1, 0.15) is 11.2 Å². The van der Waals surface area contributed by atoms with E-state index in [2.05, 4.69) is 59.9 Å². The Labute approximate surface area is 203 Å². The van der Waals surface area contributed by atoms with Crippen molar-refractivity contribution in [3.63, 3.8) is 0 Å². The smallest absolute Gasteiger partial charge is 0.231 e. The third-order valence-electron chi connectivity index (χ3n) is 7.96. The van der Waals surface area contributed by atoms with Crippen LogP contribution in [0.15, 0.2) is 18.6 Å². The zero-order valence-corrected chi connectivity index (χ0v) is 21.1. The van der Waals surface area contributed by atoms with Crippen LogP contribution in [0.4, 0.5) is 0 Å². The van der Waals surface area contributed by atoms with Crippen LogP contribution in [0.25, 0.3) is 27.1 Å². The number of aryl methyl sites for hydroxylation is 2. The number of likely N-dealkylation sites (tertiary alicyclic amines) is 1. The molecule has 1 aliphatic carbocycles. The van der Waals surface area contributed by atoms with Crippen LogP contribution in [-0.2, 0) is 4.79 Å². The Balaban J connectivity index is 1.35. The van der Waals surface area contributed by atoms with Crippen molar-refractivity contribution in [1.82, 2.24) is 24.5 Å². The number of nitrogens with zero attached hydrogens (tertiary/aromatic N) is 4. The third kappa shape index (κ3) is 3.38. The Hall–Kier alpha value is -2.71. The SMILES string of the molecule is Cc1c([C@@H]2C[C@@H]3CN(CC(N)=O)C[C@@H]3C2)sc2[nH]c(-c3cc(C)c4ncnn4c3)c(C(C)C)c12. The Morgan fingerprint density at radius 1 is 1.26 bits per heavy atom. The van der Waals surface area contributed by atoms with Gasteiger partial charge in [0.25, 0.3) is 0 Å². The Bertz CT molecular complexity index is 1400. The van der Waals surface area contributed by atoms with Crippen LogP contribution in [0.1, 0.15) is 60.1 Å². The van der Waals surface area contributed by atoms with Crippen molar-refractivity contribution < 1.29 is 4.79 Å². The molecule has 34 heavy (non-hydrogen) atoms. The number of hydrogen-bond donors (Lipinski definition) is 2. The average molecular weight is 477 g/mol. The minimum Gasteiger partial charge on any atom is -0.369 e. The van der Waals surface area contributed by atoms with E-state index in [1.165, 1.54) is 39.9 Å². The minimum atomic E-state index is -0.213. The molecular formula is C26H32N6OS. The number of nitrogens with one attached hydrogen (secondary N) is 1. The number of carbonyl (C=O) groups is 1. The van der Waals surface area contributed by atoms with Gasteiger partial charge < -0.3 is 10.7 Å². The number of primary amides is 1. The molecule has 0 bridgehead atoms. The molecule has 0 spiro atoms. The number of rotatable bonds is 5. The maximum atomic E-state index is 11.3. The number of nitrogens with two attached hydrogens (primary N) is 1. The highest BCUT2D eigenvalue weighted by molar-refractivity contribution is 7.19. The van der Waals surface area contributed by atoms with Crippen LogP contribution < -0.4 is 5.73 Å². The van der Waals surface area contributed by atoms with Crippen LogP contribution in [0.5, 0.6) is 0 Å². The standard InChI is InChI=1S/C26H32N6OS/c1-13(2)21-22-15(4)24(16-6-17-8-31(11-20(27)33)9-18(17)7-16)34-26(22)30-23(21)19-5-14(3)25-28-12-29-32(25)10-19/h5,10,12-13,16-18,30H,6-9,11H2,1-4H3,(H2,27,33)/t16-,17-,18+. The van der Waals surface area contributed by atoms with Crippen molar-refractivity contribution >= 4 is 33.1 Å². The highest BCUT2D eigenvalue weighted by Crippen LogP contribution is 2.51. The van der Waals surface area contributed by atoms with E-state index in [0.717, 1.165) is 29.9 Å². The second-order valence-electron chi connectivity index (χ2n) is 10.7. The number of H-pyrrole nitrogens is 1. The van der Waals surface area contributed by atoms with Crippen molar-refractivity contribution in [2.24, 2.45) is 17.6 Å². The van der Waals surface area contributed by atoms with Crippen LogP contribution in [0.2, 0.25) is 0 Å². The molecule has 2 aliphatic rings. The lowest BCUT2D eigenvalue weighted by atomic mass is 9.93. The molecule has 178 valence electrons. The average Bonchev–Trinajstić information content (AvgIpc) is 3.53. The van der Waals surface area contributed by atoms with Gasteiger partial charge in [-0.05, 0) is 73.1 Å². The van der Waals surface area contributed by atoms with Crippen molar-refractivity contribution in [3.8, 4) is 11.3 Å². The molecule has 0 unspecified atom stereocenters. The van der Waals surface area contributed by atoms with Gasteiger partial charge >= 0.3 is 0 Å². The van der Waals surface area contributed by atoms with Gasteiger partial charge in [0.2, 0.25) is 5.91 Å². The molecule has 6 rings (SSSR count). The fourth-order valence-corrected chi connectivity index (χ4v) is 7.99. The quantitative estimate of drug-likeness (QED) is 0.441. The van der Waals surface area contributed by atoms with E-state index < -0.39 is 0 Å². The normalized spacial score (nSPS) is 23.0. The predicted molar refractivity (Wildman–Crippen MR) is 136 cm³/mol. The minimum absolute atomic E-state index is 0.213. The zero-order valence-electron chi connectivity index (χ0n) is 20.3. The van der Waals surface area contributed by atoms with Crippen molar-refractivity contribution in [2.75, 3.05) is 19.6 Å². The highest BCUT2D eigenvalue weighted by atomic mass is 32.1. The van der Waals surface area contributed by atoms with E-state index in [1.54, 1.807) is 11.2 Å². The lowest BCUT2D eigenvalue weighted by Crippen LogP contribution is -2.32. The third-order valence-corrected chi connectivity index (χ3v) is 9.33. The molecular weight excluding hydrogens is 444 g/mol. The number of thiophene rings is 1. The van der Waals surface area contributed by atoms with Gasteiger partial charge in [0, 0.05) is 35.1 Å². The van der Waals surface area contributed by atoms with Gasteiger partial charge in [-0.1, -0.05) is 13.8 Å². The van der Waals surface area contributed by atoms with Crippen LogP contribution in [0.3, 0.4) is 0 Å². The summed E-state index contributed by atoms with van der Waals surface area (Å²) in [5.74, 6) is 2.18. The number of hydrogen-bond acceptors (Lipinski definition) is 5. The van der Waals surface area contributed by atoms with E-state index in [4.69, 9.17) is 5.73 Å². The van der Waals surface area contributed by atoms with E-state index in [9.17, 15) is 4.79 Å². The van der Waals surface area contributed by atoms with Gasteiger partial charge in [-0.2, -0.15) is 5.10 Å². The first-order chi connectivity index (χ1) is 16.3. The molecule has 8 heteroatoms. The summed E-state index contributed by atoms with van der Waals surface area (Å²) in [4.78, 5) is 24.6. The first kappa shape index (κ1) is 21.8. The fraction of sp³-hybridized carbons (Fsp3) is 0.500. The first-order valence-electron chi connectivity index (χ1n) is 12.3. The molecule has 1 aliphatic heterocycles. The van der Waals surface area contributed by atoms with E-state index in [1.807, 2.05) is 15.9 Å². The largest absolute Gasteiger partial charge is 0.369 e. The number of aromatic nitrogens is 4. The van der Waals surface area contributed by atoms with Gasteiger partial charge in [-0.15, -0.1) is 11.3 Å². The predicted octanol–water partition coefficient (Wildman–Crippen LogP) is 4.59. The molecule has 1 amide bonds. The Kier molecular flexibility index (Phi) is 5.08. The molecule has 1 saturated heterocycles. The zero-order chi connectivity index (χ0) is 23.7. The van der Waals surface area contributed by atoms with E-state index in [0.29, 0.717) is 30.2 Å². The number of fused-ring (bicyclic) bond motifs is 3. The number of pyridine rings is 1. The second kappa shape index (κ2) is 7.92. The summed E-state index contributed by atoms with van der Waals surface area (Å²) in [5.41, 5.74) is 12.7. The fourth-order valence-electron chi connectivity index (χ4n) is 6.63. The molecule has 4 aromatic heterocycles. The lowest BCUT2D eigenvalue weighted by Gasteiger charge is -2.17. The molecule has 3 atom stereocenters. The van der Waals surface area contributed by atoms with Crippen LogP contribution >= 0.6 is 11.3 Å². The molecule has 0 radical (unpaired) electrons. The summed E-state index contributed by atoms with van der Waals surface area (Å²) in [5, 5.41) is 5.79. The summed E-state index contributed by atoms with van der Waals surface area (Å²) in [7, 11) is 0. The molecule has 2 fully saturated rings. The molecule has 0 aromatic carbocycles. The van der Waals surface area contributed by atoms with Gasteiger partial charge in [-0.25, -0.2) is 9.50 Å². The van der Waals surface area contributed by atoms with E-state index >= 15 is 0 Å². The molecule has 3 N–H and O–H groups in total. The number of carbonyl (C=O) groups excluding carboxylic acids is 1. The maximum Gasteiger partial charge on any atom is 0.231 e. The van der Waals surface area contributed by atoms with Gasteiger partial charge in [0.15, 0.2) is 5.65 Å². The summed E-state index contributed by atoms with van der Waals surface area (Å²) in [6.45, 7) is 11.4. The summed E-state index contributed by atoms with van der Waals surface area (Å²) in [6.07, 6.45) is 6.14.